The van der Waals surface area contributed by atoms with Gasteiger partial charge in [0.2, 0.25) is 0 Å². The quantitative estimate of drug-likeness (QED) is 0.668. The lowest BCUT2D eigenvalue weighted by Crippen LogP contribution is -2.18. The Bertz CT molecular complexity index is 353. The summed E-state index contributed by atoms with van der Waals surface area (Å²) < 4.78 is 0.706. The molecule has 1 unspecified atom stereocenters. The predicted molar refractivity (Wildman–Crippen MR) is 58.1 cm³/mol. The van der Waals surface area contributed by atoms with E-state index < -0.39 is 0 Å². The van der Waals surface area contributed by atoms with Crippen LogP contribution in [0.2, 0.25) is 0 Å². The number of benzene rings is 1. The van der Waals surface area contributed by atoms with Crippen LogP contribution in [0.3, 0.4) is 0 Å². The zero-order valence-corrected chi connectivity index (χ0v) is 9.32. The number of rotatable bonds is 3. The monoisotopic (exact) mass is 258 g/mol. The van der Waals surface area contributed by atoms with Gasteiger partial charge in [0.15, 0.2) is 0 Å². The number of nitrogens with zero attached hydrogens (tertiary/aromatic N) is 1. The number of hydrogen-bond donors (Lipinski definition) is 1. The summed E-state index contributed by atoms with van der Waals surface area (Å²) in [6.07, 6.45) is 0.517. The summed E-state index contributed by atoms with van der Waals surface area (Å²) in [5.41, 5.74) is 6.39. The molecule has 1 atom stereocenters. The summed E-state index contributed by atoms with van der Waals surface area (Å²) in [6.45, 7) is 1.83. The number of nitro benzene ring substituents is 1. The van der Waals surface area contributed by atoms with Crippen LogP contribution >= 0.6 is 15.9 Å². The van der Waals surface area contributed by atoms with Gasteiger partial charge in [0.25, 0.3) is 5.69 Å². The van der Waals surface area contributed by atoms with Gasteiger partial charge in [-0.05, 0) is 19.4 Å². The van der Waals surface area contributed by atoms with Crippen LogP contribution in [-0.2, 0) is 6.42 Å². The Morgan fingerprint density at radius 1 is 1.64 bits per heavy atom. The summed E-state index contributed by atoms with van der Waals surface area (Å²) in [5, 5.41) is 10.7. The summed E-state index contributed by atoms with van der Waals surface area (Å²) in [4.78, 5) is 10.3. The molecule has 0 fully saturated rings. The van der Waals surface area contributed by atoms with Gasteiger partial charge in [0.05, 0.1) is 4.92 Å². The van der Waals surface area contributed by atoms with Gasteiger partial charge in [-0.25, -0.2) is 0 Å². The maximum atomic E-state index is 10.7. The van der Waals surface area contributed by atoms with E-state index in [-0.39, 0.29) is 16.7 Å². The van der Waals surface area contributed by atoms with Crippen LogP contribution < -0.4 is 5.73 Å². The highest BCUT2D eigenvalue weighted by Crippen LogP contribution is 2.24. The second-order valence-corrected chi connectivity index (χ2v) is 4.13. The average Bonchev–Trinajstić information content (AvgIpc) is 2.07. The third kappa shape index (κ3) is 2.78. The first-order valence-electron chi connectivity index (χ1n) is 4.19. The molecule has 0 aromatic heterocycles. The Morgan fingerprint density at radius 3 is 2.79 bits per heavy atom. The molecule has 0 spiro atoms. The molecule has 0 heterocycles. The van der Waals surface area contributed by atoms with Gasteiger partial charge in [-0.2, -0.15) is 0 Å². The van der Waals surface area contributed by atoms with Crippen molar-refractivity contribution in [2.75, 3.05) is 0 Å². The van der Waals surface area contributed by atoms with E-state index in [9.17, 15) is 10.1 Å². The zero-order chi connectivity index (χ0) is 10.7. The number of hydrogen-bond acceptors (Lipinski definition) is 3. The minimum Gasteiger partial charge on any atom is -0.328 e. The van der Waals surface area contributed by atoms with E-state index in [1.54, 1.807) is 12.1 Å². The maximum Gasteiger partial charge on any atom is 0.273 e. The van der Waals surface area contributed by atoms with E-state index in [1.807, 2.05) is 6.92 Å². The van der Waals surface area contributed by atoms with Crippen LogP contribution in [0.4, 0.5) is 5.69 Å². The summed E-state index contributed by atoms with van der Waals surface area (Å²) in [5.74, 6) is 0. The number of nitro groups is 1. The number of halogens is 1. The first-order chi connectivity index (χ1) is 6.50. The molecule has 5 heteroatoms. The molecule has 0 radical (unpaired) electrons. The Kier molecular flexibility index (Phi) is 3.60. The normalized spacial score (nSPS) is 12.5. The fourth-order valence-corrected chi connectivity index (χ4v) is 1.58. The van der Waals surface area contributed by atoms with Crippen LogP contribution in [-0.4, -0.2) is 11.0 Å². The molecule has 0 saturated heterocycles. The lowest BCUT2D eigenvalue weighted by Gasteiger charge is -2.05. The van der Waals surface area contributed by atoms with Crippen LogP contribution in [0.15, 0.2) is 22.7 Å². The molecular weight excluding hydrogens is 248 g/mol. The SMILES string of the molecule is CC(N)Cc1ccc(Br)cc1[N+](=O)[O-]. The Hall–Kier alpha value is -0.940. The van der Waals surface area contributed by atoms with E-state index in [1.165, 1.54) is 6.07 Å². The van der Waals surface area contributed by atoms with Gasteiger partial charge < -0.3 is 5.73 Å². The van der Waals surface area contributed by atoms with Crippen molar-refractivity contribution in [1.82, 2.24) is 0 Å². The highest BCUT2D eigenvalue weighted by Gasteiger charge is 2.14. The second kappa shape index (κ2) is 4.52. The average molecular weight is 259 g/mol. The van der Waals surface area contributed by atoms with Crippen LogP contribution in [0, 0.1) is 10.1 Å². The van der Waals surface area contributed by atoms with Crippen molar-refractivity contribution in [3.63, 3.8) is 0 Å². The third-order valence-electron chi connectivity index (χ3n) is 1.79. The van der Waals surface area contributed by atoms with Crippen molar-refractivity contribution in [2.24, 2.45) is 5.73 Å². The van der Waals surface area contributed by atoms with Gasteiger partial charge in [-0.15, -0.1) is 0 Å². The van der Waals surface area contributed by atoms with E-state index in [4.69, 9.17) is 5.73 Å². The molecule has 1 rings (SSSR count). The third-order valence-corrected chi connectivity index (χ3v) is 2.28. The molecule has 0 aliphatic heterocycles. The van der Waals surface area contributed by atoms with Gasteiger partial charge in [-0.1, -0.05) is 22.0 Å². The molecule has 0 aliphatic rings. The fourth-order valence-electron chi connectivity index (χ4n) is 1.23. The first-order valence-corrected chi connectivity index (χ1v) is 4.98. The summed E-state index contributed by atoms with van der Waals surface area (Å²) in [6, 6.07) is 4.93. The molecular formula is C9H11BrN2O2. The molecule has 4 nitrogen and oxygen atoms in total. The van der Waals surface area contributed by atoms with Crippen molar-refractivity contribution < 1.29 is 4.92 Å². The topological polar surface area (TPSA) is 69.2 Å². The molecule has 14 heavy (non-hydrogen) atoms. The fraction of sp³-hybridized carbons (Fsp3) is 0.333. The molecule has 1 aromatic rings. The smallest absolute Gasteiger partial charge is 0.273 e. The highest BCUT2D eigenvalue weighted by molar-refractivity contribution is 9.10. The van der Waals surface area contributed by atoms with Crippen molar-refractivity contribution >= 4 is 21.6 Å². The van der Waals surface area contributed by atoms with Crippen molar-refractivity contribution in [3.05, 3.63) is 38.3 Å². The van der Waals surface area contributed by atoms with Crippen molar-refractivity contribution in [3.8, 4) is 0 Å². The molecule has 0 aliphatic carbocycles. The van der Waals surface area contributed by atoms with E-state index >= 15 is 0 Å². The molecule has 0 saturated carbocycles. The molecule has 0 amide bonds. The van der Waals surface area contributed by atoms with Crippen molar-refractivity contribution in [2.45, 2.75) is 19.4 Å². The van der Waals surface area contributed by atoms with E-state index in [2.05, 4.69) is 15.9 Å². The second-order valence-electron chi connectivity index (χ2n) is 3.21. The predicted octanol–water partition coefficient (Wildman–Crippen LogP) is 2.25. The van der Waals surface area contributed by atoms with Crippen molar-refractivity contribution in [1.29, 1.82) is 0 Å². The van der Waals surface area contributed by atoms with Gasteiger partial charge in [0, 0.05) is 22.1 Å². The molecule has 2 N–H and O–H groups in total. The molecule has 1 aromatic carbocycles. The van der Waals surface area contributed by atoms with Crippen LogP contribution in [0.25, 0.3) is 0 Å². The molecule has 0 bridgehead atoms. The minimum atomic E-state index is -0.386. The van der Waals surface area contributed by atoms with E-state index in [0.717, 1.165) is 0 Å². The first kappa shape index (κ1) is 11.1. The maximum absolute atomic E-state index is 10.7. The van der Waals surface area contributed by atoms with Gasteiger partial charge in [-0.3, -0.25) is 10.1 Å². The summed E-state index contributed by atoms with van der Waals surface area (Å²) >= 11 is 3.20. The molecule has 76 valence electrons. The summed E-state index contributed by atoms with van der Waals surface area (Å²) in [7, 11) is 0. The number of nitrogens with two attached hydrogens (primary N) is 1. The lowest BCUT2D eigenvalue weighted by molar-refractivity contribution is -0.385. The zero-order valence-electron chi connectivity index (χ0n) is 7.74. The van der Waals surface area contributed by atoms with E-state index in [0.29, 0.717) is 16.5 Å². The highest BCUT2D eigenvalue weighted by atomic mass is 79.9. The lowest BCUT2D eigenvalue weighted by atomic mass is 10.1. The Balaban J connectivity index is 3.08. The Labute approximate surface area is 90.4 Å². The van der Waals surface area contributed by atoms with Crippen LogP contribution in [0.1, 0.15) is 12.5 Å². The standard InChI is InChI=1S/C9H11BrN2O2/c1-6(11)4-7-2-3-8(10)5-9(7)12(13)14/h2-3,5-6H,4,11H2,1H3. The van der Waals surface area contributed by atoms with Crippen LogP contribution in [0.5, 0.6) is 0 Å². The Morgan fingerprint density at radius 2 is 2.29 bits per heavy atom. The van der Waals surface area contributed by atoms with Gasteiger partial charge in [0.1, 0.15) is 0 Å². The largest absolute Gasteiger partial charge is 0.328 e. The minimum absolute atomic E-state index is 0.0742. The van der Waals surface area contributed by atoms with Gasteiger partial charge >= 0.3 is 0 Å².